The minimum Gasteiger partial charge on any atom is -0.481 e. The van der Waals surface area contributed by atoms with E-state index in [4.69, 9.17) is 0 Å². The van der Waals surface area contributed by atoms with Gasteiger partial charge >= 0.3 is 5.97 Å². The van der Waals surface area contributed by atoms with Crippen LogP contribution in [0.3, 0.4) is 0 Å². The average molecular weight is 251 g/mol. The summed E-state index contributed by atoms with van der Waals surface area (Å²) in [6.45, 7) is 3.24. The van der Waals surface area contributed by atoms with Gasteiger partial charge in [0.1, 0.15) is 0 Å². The summed E-state index contributed by atoms with van der Waals surface area (Å²) in [5.74, 6) is -2.18. The molecule has 5 nitrogen and oxygen atoms in total. The van der Waals surface area contributed by atoms with E-state index >= 15 is 0 Å². The Morgan fingerprint density at radius 2 is 1.61 bits per heavy atom. The summed E-state index contributed by atoms with van der Waals surface area (Å²) in [5.41, 5.74) is 0.879. The average Bonchev–Trinajstić information content (AvgIpc) is 2.54. The number of amides is 2. The number of carbonyl (C=O) groups is 3. The van der Waals surface area contributed by atoms with Crippen molar-refractivity contribution in [3.8, 4) is 0 Å². The van der Waals surface area contributed by atoms with Gasteiger partial charge in [-0.1, -0.05) is 12.8 Å². The van der Waals surface area contributed by atoms with Crippen molar-refractivity contribution in [1.29, 1.82) is 0 Å². The van der Waals surface area contributed by atoms with Crippen molar-refractivity contribution in [2.75, 3.05) is 0 Å². The number of aliphatic carboxylic acids is 1. The molecular formula is C13H17NO4. The summed E-state index contributed by atoms with van der Waals surface area (Å²) in [4.78, 5) is 36.5. The van der Waals surface area contributed by atoms with E-state index in [0.717, 1.165) is 12.8 Å². The lowest BCUT2D eigenvalue weighted by Crippen LogP contribution is -2.48. The maximum atomic E-state index is 12.0. The predicted molar refractivity (Wildman–Crippen MR) is 63.6 cm³/mol. The van der Waals surface area contributed by atoms with Gasteiger partial charge in [-0.05, 0) is 26.7 Å². The lowest BCUT2D eigenvalue weighted by Gasteiger charge is -2.34. The maximum Gasteiger partial charge on any atom is 0.308 e. The van der Waals surface area contributed by atoms with E-state index < -0.39 is 17.9 Å². The van der Waals surface area contributed by atoms with Crippen LogP contribution < -0.4 is 0 Å². The minimum atomic E-state index is -0.914. The first-order valence-corrected chi connectivity index (χ1v) is 6.23. The Hall–Kier alpha value is -1.65. The predicted octanol–water partition coefficient (Wildman–Crippen LogP) is 1.33. The molecular weight excluding hydrogens is 234 g/mol. The van der Waals surface area contributed by atoms with Crippen molar-refractivity contribution >= 4 is 17.8 Å². The highest BCUT2D eigenvalue weighted by molar-refractivity contribution is 6.19. The van der Waals surface area contributed by atoms with Gasteiger partial charge in [-0.25, -0.2) is 0 Å². The third kappa shape index (κ3) is 1.83. The molecule has 98 valence electrons. The molecule has 1 aliphatic heterocycles. The molecule has 5 heteroatoms. The highest BCUT2D eigenvalue weighted by Crippen LogP contribution is 2.33. The number of hydrogen-bond acceptors (Lipinski definition) is 3. The van der Waals surface area contributed by atoms with Crippen molar-refractivity contribution in [2.45, 2.75) is 45.6 Å². The van der Waals surface area contributed by atoms with Crippen molar-refractivity contribution in [3.05, 3.63) is 11.1 Å². The van der Waals surface area contributed by atoms with E-state index in [2.05, 4.69) is 0 Å². The molecule has 1 saturated carbocycles. The summed E-state index contributed by atoms with van der Waals surface area (Å²) < 4.78 is 0. The van der Waals surface area contributed by atoms with Gasteiger partial charge in [0.05, 0.1) is 12.0 Å². The van der Waals surface area contributed by atoms with Gasteiger partial charge in [-0.15, -0.1) is 0 Å². The first-order valence-electron chi connectivity index (χ1n) is 6.23. The van der Waals surface area contributed by atoms with Crippen molar-refractivity contribution in [1.82, 2.24) is 4.90 Å². The van der Waals surface area contributed by atoms with Gasteiger partial charge in [0, 0.05) is 11.1 Å². The quantitative estimate of drug-likeness (QED) is 0.751. The summed E-state index contributed by atoms with van der Waals surface area (Å²) in [6, 6.07) is -0.483. The van der Waals surface area contributed by atoms with Crippen LogP contribution in [0.15, 0.2) is 11.1 Å². The Morgan fingerprint density at radius 1 is 1.11 bits per heavy atom. The number of carbonyl (C=O) groups excluding carboxylic acids is 2. The second-order valence-electron chi connectivity index (χ2n) is 5.03. The maximum absolute atomic E-state index is 12.0. The minimum absolute atomic E-state index is 0.323. The van der Waals surface area contributed by atoms with Gasteiger partial charge in [0.15, 0.2) is 0 Å². The molecule has 0 aromatic rings. The molecule has 1 heterocycles. The lowest BCUT2D eigenvalue weighted by molar-refractivity contribution is -0.150. The Bertz CT molecular complexity index is 428. The number of rotatable bonds is 2. The highest BCUT2D eigenvalue weighted by atomic mass is 16.4. The Labute approximate surface area is 105 Å². The number of carboxylic acids is 1. The molecule has 0 bridgehead atoms. The van der Waals surface area contributed by atoms with Crippen LogP contribution in [-0.2, 0) is 14.4 Å². The lowest BCUT2D eigenvalue weighted by atomic mass is 9.83. The molecule has 2 rings (SSSR count). The van der Waals surface area contributed by atoms with Crippen LogP contribution in [0.4, 0.5) is 0 Å². The molecule has 2 atom stereocenters. The fourth-order valence-corrected chi connectivity index (χ4v) is 2.78. The summed E-state index contributed by atoms with van der Waals surface area (Å²) in [7, 11) is 0. The summed E-state index contributed by atoms with van der Waals surface area (Å²) >= 11 is 0. The summed E-state index contributed by atoms with van der Waals surface area (Å²) in [5, 5.41) is 9.21. The number of hydrogen-bond donors (Lipinski definition) is 1. The number of imide groups is 1. The molecule has 0 saturated heterocycles. The molecule has 2 aliphatic rings. The van der Waals surface area contributed by atoms with E-state index in [9.17, 15) is 19.5 Å². The fraction of sp³-hybridized carbons (Fsp3) is 0.615. The van der Waals surface area contributed by atoms with Crippen LogP contribution in [-0.4, -0.2) is 33.8 Å². The zero-order valence-electron chi connectivity index (χ0n) is 10.6. The summed E-state index contributed by atoms with van der Waals surface area (Å²) in [6.07, 6.45) is 2.84. The zero-order valence-corrected chi connectivity index (χ0v) is 10.6. The van der Waals surface area contributed by atoms with Crippen LogP contribution in [0.1, 0.15) is 39.5 Å². The highest BCUT2D eigenvalue weighted by Gasteiger charge is 2.44. The van der Waals surface area contributed by atoms with Crippen molar-refractivity contribution < 1.29 is 19.5 Å². The van der Waals surface area contributed by atoms with Crippen LogP contribution in [0.5, 0.6) is 0 Å². The van der Waals surface area contributed by atoms with Crippen molar-refractivity contribution in [2.24, 2.45) is 5.92 Å². The molecule has 2 amide bonds. The van der Waals surface area contributed by atoms with Crippen LogP contribution in [0.2, 0.25) is 0 Å². The van der Waals surface area contributed by atoms with E-state index in [1.807, 2.05) is 0 Å². The number of nitrogens with zero attached hydrogens (tertiary/aromatic N) is 1. The van der Waals surface area contributed by atoms with Crippen LogP contribution >= 0.6 is 0 Å². The van der Waals surface area contributed by atoms with E-state index in [1.54, 1.807) is 13.8 Å². The second kappa shape index (κ2) is 4.55. The van der Waals surface area contributed by atoms with Gasteiger partial charge in [-0.2, -0.15) is 0 Å². The normalized spacial score (nSPS) is 29.1. The van der Waals surface area contributed by atoms with Crippen molar-refractivity contribution in [3.63, 3.8) is 0 Å². The third-order valence-electron chi connectivity index (χ3n) is 4.02. The Kier molecular flexibility index (Phi) is 3.24. The van der Waals surface area contributed by atoms with Crippen LogP contribution in [0.25, 0.3) is 0 Å². The molecule has 2 unspecified atom stereocenters. The van der Waals surface area contributed by atoms with E-state index in [-0.39, 0.29) is 11.8 Å². The fourth-order valence-electron chi connectivity index (χ4n) is 2.78. The molecule has 0 aromatic carbocycles. The standard InChI is InChI=1S/C13H17NO4/c1-7-8(2)12(16)14(11(7)15)10-6-4-3-5-9(10)13(17)18/h9-10H,3-6H2,1-2H3,(H,17,18). The van der Waals surface area contributed by atoms with Gasteiger partial charge in [0.25, 0.3) is 11.8 Å². The molecule has 1 aliphatic carbocycles. The molecule has 18 heavy (non-hydrogen) atoms. The zero-order chi connectivity index (χ0) is 13.4. The monoisotopic (exact) mass is 251 g/mol. The van der Waals surface area contributed by atoms with Gasteiger partial charge < -0.3 is 5.11 Å². The largest absolute Gasteiger partial charge is 0.481 e. The van der Waals surface area contributed by atoms with Gasteiger partial charge in [0.2, 0.25) is 0 Å². The Balaban J connectivity index is 2.29. The smallest absolute Gasteiger partial charge is 0.308 e. The SMILES string of the molecule is CC1=C(C)C(=O)N(C2CCCCC2C(=O)O)C1=O. The van der Waals surface area contributed by atoms with E-state index in [0.29, 0.717) is 24.0 Å². The third-order valence-corrected chi connectivity index (χ3v) is 4.02. The number of carboxylic acid groups (broad SMARTS) is 1. The molecule has 0 aromatic heterocycles. The first kappa shape index (κ1) is 12.8. The van der Waals surface area contributed by atoms with Gasteiger partial charge in [-0.3, -0.25) is 19.3 Å². The topological polar surface area (TPSA) is 74.7 Å². The van der Waals surface area contributed by atoms with Crippen LogP contribution in [0, 0.1) is 5.92 Å². The molecule has 0 spiro atoms. The molecule has 1 fully saturated rings. The molecule has 0 radical (unpaired) electrons. The molecule has 1 N–H and O–H groups in total. The Morgan fingerprint density at radius 3 is 2.11 bits per heavy atom. The second-order valence-corrected chi connectivity index (χ2v) is 5.03. The first-order chi connectivity index (χ1) is 8.45. The van der Waals surface area contributed by atoms with E-state index in [1.165, 1.54) is 4.90 Å².